The number of hydrogen-bond donors (Lipinski definition) is 2. The van der Waals surface area contributed by atoms with Crippen LogP contribution < -0.4 is 5.32 Å². The Balaban J connectivity index is 1.48. The summed E-state index contributed by atoms with van der Waals surface area (Å²) >= 11 is 0. The van der Waals surface area contributed by atoms with Crippen LogP contribution in [0, 0.1) is 0 Å². The van der Waals surface area contributed by atoms with Crippen LogP contribution >= 0.6 is 0 Å². The van der Waals surface area contributed by atoms with Crippen LogP contribution in [-0.4, -0.2) is 51.9 Å². The zero-order valence-corrected chi connectivity index (χ0v) is 14.4. The predicted molar refractivity (Wildman–Crippen MR) is 93.0 cm³/mol. The van der Waals surface area contributed by atoms with Crippen LogP contribution in [0.15, 0.2) is 28.8 Å². The third-order valence-electron chi connectivity index (χ3n) is 4.36. The number of carbonyl (C=O) groups is 1. The maximum Gasteiger partial charge on any atom is 0.317 e. The molecule has 0 aliphatic carbocycles. The monoisotopic (exact) mass is 344 g/mol. The highest BCUT2D eigenvalue weighted by molar-refractivity contribution is 5.74. The molecule has 25 heavy (non-hydrogen) atoms. The fourth-order valence-electron chi connectivity index (χ4n) is 2.89. The lowest BCUT2D eigenvalue weighted by Crippen LogP contribution is -2.47. The fourth-order valence-corrected chi connectivity index (χ4v) is 2.89. The summed E-state index contributed by atoms with van der Waals surface area (Å²) in [5, 5.41) is 16.4. The van der Waals surface area contributed by atoms with Crippen LogP contribution in [0.25, 0.3) is 11.5 Å². The van der Waals surface area contributed by atoms with Crippen molar-refractivity contribution in [3.05, 3.63) is 35.7 Å². The predicted octanol–water partition coefficient (Wildman–Crippen LogP) is 2.01. The van der Waals surface area contributed by atoms with Crippen molar-refractivity contribution >= 4 is 6.03 Å². The number of hydrogen-bond acceptors (Lipinski definition) is 5. The molecule has 1 atom stereocenters. The molecule has 2 amide bonds. The number of likely N-dealkylation sites (tertiary alicyclic amines) is 1. The fraction of sp³-hybridized carbons (Fsp3) is 0.500. The van der Waals surface area contributed by atoms with Gasteiger partial charge in [-0.3, -0.25) is 0 Å². The van der Waals surface area contributed by atoms with Crippen molar-refractivity contribution in [1.29, 1.82) is 0 Å². The molecule has 0 unspecified atom stereocenters. The Morgan fingerprint density at radius 2 is 2.20 bits per heavy atom. The lowest BCUT2D eigenvalue weighted by molar-refractivity contribution is 0.0843. The molecule has 7 nitrogen and oxygen atoms in total. The summed E-state index contributed by atoms with van der Waals surface area (Å²) in [5.41, 5.74) is 2.01. The molecule has 134 valence electrons. The van der Waals surface area contributed by atoms with Crippen LogP contribution in [-0.2, 0) is 12.8 Å². The summed E-state index contributed by atoms with van der Waals surface area (Å²) in [4.78, 5) is 18.1. The van der Waals surface area contributed by atoms with Gasteiger partial charge in [0.15, 0.2) is 5.82 Å². The molecule has 0 bridgehead atoms. The molecular formula is C18H24N4O3. The maximum absolute atomic E-state index is 12.1. The minimum atomic E-state index is -0.398. The maximum atomic E-state index is 12.1. The summed E-state index contributed by atoms with van der Waals surface area (Å²) in [5.74, 6) is 1.23. The van der Waals surface area contributed by atoms with E-state index in [0.29, 0.717) is 31.3 Å². The smallest absolute Gasteiger partial charge is 0.317 e. The van der Waals surface area contributed by atoms with Gasteiger partial charge in [-0.25, -0.2) is 4.79 Å². The number of aryl methyl sites for hydroxylation is 1. The standard InChI is InChI=1S/C18H24N4O3/c1-2-16-20-17(25-21-16)14-7-5-13(6-8-14)9-10-19-18(24)22-11-3-4-15(23)12-22/h5-8,15,23H,2-4,9-12H2,1H3,(H,19,24)/t15-/m0/s1. The number of aliphatic hydroxyl groups excluding tert-OH is 1. The summed E-state index contributed by atoms with van der Waals surface area (Å²) in [6, 6.07) is 7.80. The first kappa shape index (κ1) is 17.4. The topological polar surface area (TPSA) is 91.5 Å². The molecule has 7 heteroatoms. The first-order chi connectivity index (χ1) is 12.2. The van der Waals surface area contributed by atoms with Gasteiger partial charge in [0.1, 0.15) is 0 Å². The Morgan fingerprint density at radius 3 is 2.88 bits per heavy atom. The molecule has 0 radical (unpaired) electrons. The lowest BCUT2D eigenvalue weighted by atomic mass is 10.1. The highest BCUT2D eigenvalue weighted by Gasteiger charge is 2.21. The molecular weight excluding hydrogens is 320 g/mol. The minimum Gasteiger partial charge on any atom is -0.391 e. The molecule has 1 aromatic heterocycles. The quantitative estimate of drug-likeness (QED) is 0.866. The van der Waals surface area contributed by atoms with Crippen LogP contribution in [0.5, 0.6) is 0 Å². The van der Waals surface area contributed by atoms with Crippen molar-refractivity contribution in [2.24, 2.45) is 0 Å². The third kappa shape index (κ3) is 4.57. The minimum absolute atomic E-state index is 0.103. The van der Waals surface area contributed by atoms with Gasteiger partial charge in [0, 0.05) is 31.6 Å². The van der Waals surface area contributed by atoms with Gasteiger partial charge in [0.25, 0.3) is 5.89 Å². The Hall–Kier alpha value is -2.41. The van der Waals surface area contributed by atoms with Crippen molar-refractivity contribution < 1.29 is 14.4 Å². The molecule has 2 aromatic rings. The second kappa shape index (κ2) is 8.11. The van der Waals surface area contributed by atoms with Crippen LogP contribution in [0.3, 0.4) is 0 Å². The van der Waals surface area contributed by atoms with E-state index in [9.17, 15) is 9.90 Å². The van der Waals surface area contributed by atoms with E-state index in [1.165, 1.54) is 0 Å². The number of aromatic nitrogens is 2. The van der Waals surface area contributed by atoms with Gasteiger partial charge in [0.05, 0.1) is 6.10 Å². The van der Waals surface area contributed by atoms with Gasteiger partial charge in [-0.1, -0.05) is 24.2 Å². The van der Waals surface area contributed by atoms with E-state index in [2.05, 4.69) is 15.5 Å². The van der Waals surface area contributed by atoms with E-state index in [1.807, 2.05) is 31.2 Å². The first-order valence-corrected chi connectivity index (χ1v) is 8.78. The van der Waals surface area contributed by atoms with Gasteiger partial charge in [-0.15, -0.1) is 0 Å². The van der Waals surface area contributed by atoms with E-state index in [4.69, 9.17) is 4.52 Å². The Labute approximate surface area is 147 Å². The summed E-state index contributed by atoms with van der Waals surface area (Å²) in [7, 11) is 0. The molecule has 1 fully saturated rings. The molecule has 1 aliphatic heterocycles. The molecule has 1 aromatic carbocycles. The summed E-state index contributed by atoms with van der Waals surface area (Å²) < 4.78 is 5.23. The largest absolute Gasteiger partial charge is 0.391 e. The van der Waals surface area contributed by atoms with E-state index in [0.717, 1.165) is 36.8 Å². The van der Waals surface area contributed by atoms with E-state index >= 15 is 0 Å². The molecule has 2 N–H and O–H groups in total. The molecule has 0 saturated carbocycles. The number of nitrogens with one attached hydrogen (secondary N) is 1. The molecule has 1 saturated heterocycles. The first-order valence-electron chi connectivity index (χ1n) is 8.78. The van der Waals surface area contributed by atoms with Gasteiger partial charge in [0.2, 0.25) is 0 Å². The lowest BCUT2D eigenvalue weighted by Gasteiger charge is -2.30. The van der Waals surface area contributed by atoms with Crippen LogP contribution in [0.2, 0.25) is 0 Å². The van der Waals surface area contributed by atoms with Gasteiger partial charge in [-0.05, 0) is 37.0 Å². The Bertz CT molecular complexity index is 699. The normalized spacial score (nSPS) is 17.5. The molecule has 2 heterocycles. The number of amides is 2. The number of β-amino-alcohol motifs (C(OH)–C–C–N with tert-alkyl or cyclic N) is 1. The van der Waals surface area contributed by atoms with Crippen LogP contribution in [0.1, 0.15) is 31.2 Å². The second-order valence-corrected chi connectivity index (χ2v) is 6.29. The van der Waals surface area contributed by atoms with Crippen LogP contribution in [0.4, 0.5) is 4.79 Å². The zero-order chi connectivity index (χ0) is 17.6. The number of piperidine rings is 1. The van der Waals surface area contributed by atoms with E-state index in [-0.39, 0.29) is 6.03 Å². The van der Waals surface area contributed by atoms with E-state index < -0.39 is 6.10 Å². The van der Waals surface area contributed by atoms with Crippen molar-refractivity contribution in [3.63, 3.8) is 0 Å². The van der Waals surface area contributed by atoms with Crippen molar-refractivity contribution in [2.45, 2.75) is 38.7 Å². The third-order valence-corrected chi connectivity index (χ3v) is 4.36. The number of nitrogens with zero attached hydrogens (tertiary/aromatic N) is 3. The summed E-state index contributed by atoms with van der Waals surface area (Å²) in [6.45, 7) is 3.67. The summed E-state index contributed by atoms with van der Waals surface area (Å²) in [6.07, 6.45) is 2.72. The second-order valence-electron chi connectivity index (χ2n) is 6.29. The van der Waals surface area contributed by atoms with Gasteiger partial charge < -0.3 is 19.8 Å². The molecule has 0 spiro atoms. The van der Waals surface area contributed by atoms with E-state index in [1.54, 1.807) is 4.90 Å². The highest BCUT2D eigenvalue weighted by atomic mass is 16.5. The van der Waals surface area contributed by atoms with Crippen molar-refractivity contribution in [1.82, 2.24) is 20.4 Å². The molecule has 1 aliphatic rings. The van der Waals surface area contributed by atoms with Gasteiger partial charge >= 0.3 is 6.03 Å². The number of benzene rings is 1. The highest BCUT2D eigenvalue weighted by Crippen LogP contribution is 2.18. The number of aliphatic hydroxyl groups is 1. The Kier molecular flexibility index (Phi) is 5.65. The SMILES string of the molecule is CCc1noc(-c2ccc(CCNC(=O)N3CCC[C@H](O)C3)cc2)n1. The van der Waals surface area contributed by atoms with Crippen molar-refractivity contribution in [3.8, 4) is 11.5 Å². The zero-order valence-electron chi connectivity index (χ0n) is 14.4. The Morgan fingerprint density at radius 1 is 1.40 bits per heavy atom. The number of carbonyl (C=O) groups excluding carboxylic acids is 1. The van der Waals surface area contributed by atoms with Crippen molar-refractivity contribution in [2.75, 3.05) is 19.6 Å². The van der Waals surface area contributed by atoms with Gasteiger partial charge in [-0.2, -0.15) is 4.98 Å². The molecule has 3 rings (SSSR count). The number of urea groups is 1. The average Bonchev–Trinajstić information content (AvgIpc) is 3.11. The average molecular weight is 344 g/mol. The number of rotatable bonds is 5.